The number of ether oxygens (including phenoxy) is 2. The van der Waals surface area contributed by atoms with E-state index in [0.29, 0.717) is 13.2 Å². The first-order valence-corrected chi connectivity index (χ1v) is 5.57. The molecule has 1 aromatic rings. The van der Waals surface area contributed by atoms with Crippen molar-refractivity contribution < 1.29 is 14.3 Å². The normalized spacial score (nSPS) is 20.8. The van der Waals surface area contributed by atoms with Crippen LogP contribution in [-0.2, 0) is 21.4 Å². The number of rotatable bonds is 2. The second kappa shape index (κ2) is 3.32. The van der Waals surface area contributed by atoms with Gasteiger partial charge in [0.05, 0.1) is 19.8 Å². The van der Waals surface area contributed by atoms with Gasteiger partial charge in [0, 0.05) is 6.42 Å². The smallest absolute Gasteiger partial charge is 0.145 e. The fourth-order valence-corrected chi connectivity index (χ4v) is 2.36. The van der Waals surface area contributed by atoms with Crippen LogP contribution in [0.15, 0.2) is 18.2 Å². The molecular weight excluding hydrogens is 204 g/mol. The van der Waals surface area contributed by atoms with Gasteiger partial charge in [-0.2, -0.15) is 0 Å². The topological polar surface area (TPSA) is 35.5 Å². The van der Waals surface area contributed by atoms with E-state index in [-0.39, 0.29) is 5.78 Å². The van der Waals surface area contributed by atoms with Gasteiger partial charge in [-0.25, -0.2) is 0 Å². The lowest BCUT2D eigenvalue weighted by Gasteiger charge is -2.39. The Morgan fingerprint density at radius 2 is 2.19 bits per heavy atom. The summed E-state index contributed by atoms with van der Waals surface area (Å²) in [6, 6.07) is 6.07. The van der Waals surface area contributed by atoms with Crippen molar-refractivity contribution >= 4 is 5.78 Å². The number of benzene rings is 1. The molecule has 3 heteroatoms. The zero-order valence-electron chi connectivity index (χ0n) is 9.29. The number of Topliss-reactive ketones (excluding diaryl/α,β-unsaturated/α-hetero) is 1. The Morgan fingerprint density at radius 3 is 2.81 bits per heavy atom. The first-order chi connectivity index (χ1) is 7.72. The Bertz CT molecular complexity index is 446. The number of ketones is 1. The highest BCUT2D eigenvalue weighted by atomic mass is 16.5. The maximum atomic E-state index is 11.7. The number of carbonyl (C=O) groups is 1. The fourth-order valence-electron chi connectivity index (χ4n) is 2.36. The van der Waals surface area contributed by atoms with Gasteiger partial charge >= 0.3 is 0 Å². The zero-order chi connectivity index (χ0) is 11.2. The molecular formula is C13H14O3. The van der Waals surface area contributed by atoms with Gasteiger partial charge in [0.25, 0.3) is 0 Å². The largest absolute Gasteiger partial charge is 0.493 e. The molecule has 0 aliphatic carbocycles. The van der Waals surface area contributed by atoms with Gasteiger partial charge in [0.15, 0.2) is 0 Å². The summed E-state index contributed by atoms with van der Waals surface area (Å²) >= 11 is 0. The first kappa shape index (κ1) is 9.85. The van der Waals surface area contributed by atoms with Gasteiger partial charge in [-0.05, 0) is 24.1 Å². The van der Waals surface area contributed by atoms with Crippen molar-refractivity contribution in [2.24, 2.45) is 0 Å². The molecule has 0 bridgehead atoms. The Kier molecular flexibility index (Phi) is 2.04. The Hall–Kier alpha value is -1.35. The third kappa shape index (κ3) is 1.21. The molecule has 16 heavy (non-hydrogen) atoms. The molecule has 2 heterocycles. The van der Waals surface area contributed by atoms with E-state index in [0.717, 1.165) is 24.3 Å². The SMILES string of the molecule is CC(=O)C1(c2ccc3c(c2)CCO3)COC1. The molecule has 1 fully saturated rings. The van der Waals surface area contributed by atoms with Crippen LogP contribution in [0, 0.1) is 0 Å². The lowest BCUT2D eigenvalue weighted by Crippen LogP contribution is -2.52. The maximum absolute atomic E-state index is 11.7. The van der Waals surface area contributed by atoms with Crippen molar-refractivity contribution in [1.29, 1.82) is 0 Å². The first-order valence-electron chi connectivity index (χ1n) is 5.57. The van der Waals surface area contributed by atoms with E-state index >= 15 is 0 Å². The number of fused-ring (bicyclic) bond motifs is 1. The lowest BCUT2D eigenvalue weighted by molar-refractivity contribution is -0.140. The summed E-state index contributed by atoms with van der Waals surface area (Å²) in [6.45, 7) is 3.43. The minimum atomic E-state index is -0.391. The molecule has 3 rings (SSSR count). The molecule has 0 aromatic heterocycles. The average molecular weight is 218 g/mol. The molecule has 0 amide bonds. The summed E-state index contributed by atoms with van der Waals surface area (Å²) in [5, 5.41) is 0. The molecule has 0 atom stereocenters. The summed E-state index contributed by atoms with van der Waals surface area (Å²) in [7, 11) is 0. The highest BCUT2D eigenvalue weighted by molar-refractivity contribution is 5.89. The highest BCUT2D eigenvalue weighted by Gasteiger charge is 2.45. The molecule has 2 aliphatic heterocycles. The fraction of sp³-hybridized carbons (Fsp3) is 0.462. The van der Waals surface area contributed by atoms with Crippen LogP contribution in [0.5, 0.6) is 5.75 Å². The maximum Gasteiger partial charge on any atom is 0.145 e. The number of hydrogen-bond acceptors (Lipinski definition) is 3. The van der Waals surface area contributed by atoms with Crippen LogP contribution in [0.3, 0.4) is 0 Å². The van der Waals surface area contributed by atoms with Crippen LogP contribution in [-0.4, -0.2) is 25.6 Å². The summed E-state index contributed by atoms with van der Waals surface area (Å²) < 4.78 is 10.7. The van der Waals surface area contributed by atoms with Crippen LogP contribution in [0.4, 0.5) is 0 Å². The minimum absolute atomic E-state index is 0.192. The highest BCUT2D eigenvalue weighted by Crippen LogP contribution is 2.36. The minimum Gasteiger partial charge on any atom is -0.493 e. The third-order valence-corrected chi connectivity index (χ3v) is 3.61. The lowest BCUT2D eigenvalue weighted by atomic mass is 9.75. The molecule has 2 aliphatic rings. The van der Waals surface area contributed by atoms with Crippen LogP contribution in [0.25, 0.3) is 0 Å². The average Bonchev–Trinajstić information content (AvgIpc) is 2.62. The molecule has 3 nitrogen and oxygen atoms in total. The quantitative estimate of drug-likeness (QED) is 0.754. The summed E-state index contributed by atoms with van der Waals surface area (Å²) in [4.78, 5) is 11.7. The molecule has 0 N–H and O–H groups in total. The van der Waals surface area contributed by atoms with E-state index in [2.05, 4.69) is 6.07 Å². The molecule has 0 spiro atoms. The molecule has 0 radical (unpaired) electrons. The molecule has 1 saturated heterocycles. The molecule has 0 saturated carbocycles. The number of carbonyl (C=O) groups excluding carboxylic acids is 1. The van der Waals surface area contributed by atoms with E-state index in [1.165, 1.54) is 5.56 Å². The van der Waals surface area contributed by atoms with Crippen molar-refractivity contribution in [2.45, 2.75) is 18.8 Å². The van der Waals surface area contributed by atoms with Gasteiger partial charge in [-0.1, -0.05) is 12.1 Å². The summed E-state index contributed by atoms with van der Waals surface area (Å²) in [5.74, 6) is 1.15. The summed E-state index contributed by atoms with van der Waals surface area (Å²) in [5.41, 5.74) is 1.90. The van der Waals surface area contributed by atoms with E-state index < -0.39 is 5.41 Å². The van der Waals surface area contributed by atoms with Gasteiger partial charge in [0.2, 0.25) is 0 Å². The van der Waals surface area contributed by atoms with Gasteiger partial charge < -0.3 is 9.47 Å². The van der Waals surface area contributed by atoms with E-state index in [1.807, 2.05) is 12.1 Å². The molecule has 0 unspecified atom stereocenters. The van der Waals surface area contributed by atoms with Crippen molar-refractivity contribution in [3.8, 4) is 5.75 Å². The van der Waals surface area contributed by atoms with E-state index in [1.54, 1.807) is 6.92 Å². The summed E-state index contributed by atoms with van der Waals surface area (Å²) in [6.07, 6.45) is 0.942. The predicted octanol–water partition coefficient (Wildman–Crippen LogP) is 1.48. The van der Waals surface area contributed by atoms with E-state index in [9.17, 15) is 4.79 Å². The zero-order valence-corrected chi connectivity index (χ0v) is 9.29. The Balaban J connectivity index is 2.03. The van der Waals surface area contributed by atoms with Crippen LogP contribution >= 0.6 is 0 Å². The van der Waals surface area contributed by atoms with Gasteiger partial charge in [-0.3, -0.25) is 4.79 Å². The Morgan fingerprint density at radius 1 is 1.38 bits per heavy atom. The number of hydrogen-bond donors (Lipinski definition) is 0. The van der Waals surface area contributed by atoms with Crippen molar-refractivity contribution in [3.63, 3.8) is 0 Å². The molecule has 1 aromatic carbocycles. The van der Waals surface area contributed by atoms with E-state index in [4.69, 9.17) is 9.47 Å². The van der Waals surface area contributed by atoms with Crippen LogP contribution < -0.4 is 4.74 Å². The van der Waals surface area contributed by atoms with Gasteiger partial charge in [0.1, 0.15) is 16.9 Å². The standard InChI is InChI=1S/C13H14O3/c1-9(14)13(7-15-8-13)11-2-3-12-10(6-11)4-5-16-12/h2-3,6H,4-5,7-8H2,1H3. The second-order valence-corrected chi connectivity index (χ2v) is 4.55. The van der Waals surface area contributed by atoms with Crippen LogP contribution in [0.2, 0.25) is 0 Å². The van der Waals surface area contributed by atoms with Crippen LogP contribution in [0.1, 0.15) is 18.1 Å². The van der Waals surface area contributed by atoms with Gasteiger partial charge in [-0.15, -0.1) is 0 Å². The second-order valence-electron chi connectivity index (χ2n) is 4.55. The third-order valence-electron chi connectivity index (χ3n) is 3.61. The van der Waals surface area contributed by atoms with Crippen molar-refractivity contribution in [3.05, 3.63) is 29.3 Å². The monoisotopic (exact) mass is 218 g/mol. The Labute approximate surface area is 94.4 Å². The predicted molar refractivity (Wildman–Crippen MR) is 58.8 cm³/mol. The van der Waals surface area contributed by atoms with Crippen molar-refractivity contribution in [2.75, 3.05) is 19.8 Å². The van der Waals surface area contributed by atoms with Crippen molar-refractivity contribution in [1.82, 2.24) is 0 Å². The molecule has 84 valence electrons.